The van der Waals surface area contributed by atoms with E-state index in [0.29, 0.717) is 47.3 Å². The van der Waals surface area contributed by atoms with E-state index in [2.05, 4.69) is 27.9 Å². The standard InChI is InChI=1S/C25H28F2N5O/c1-14-7-8-18-20(11-14)32(5)25(30-18)29-16(3)17-12-15(2)28-19(13-17)22-21(33-6)9-10-31(4)23(22)24(26)27/h7-8,11-13,24H,3,9-10H2,1-2,4-6H3,(H,29,30)/q+1. The summed E-state index contributed by atoms with van der Waals surface area (Å²) in [6, 6.07) is 9.71. The van der Waals surface area contributed by atoms with E-state index < -0.39 is 6.43 Å². The number of pyridine rings is 1. The van der Waals surface area contributed by atoms with E-state index in [1.807, 2.05) is 43.7 Å². The molecule has 1 aliphatic heterocycles. The van der Waals surface area contributed by atoms with Crippen molar-refractivity contribution in [2.45, 2.75) is 26.7 Å². The molecule has 1 N–H and O–H groups in total. The Balaban J connectivity index is 1.74. The Bertz CT molecular complexity index is 1320. The van der Waals surface area contributed by atoms with Gasteiger partial charge in [0, 0.05) is 24.0 Å². The number of rotatable bonds is 6. The molecule has 33 heavy (non-hydrogen) atoms. The summed E-state index contributed by atoms with van der Waals surface area (Å²) in [5.41, 5.74) is 5.77. The molecular formula is C25H28F2N5O+. The Labute approximate surface area is 191 Å². The van der Waals surface area contributed by atoms with Crippen LogP contribution >= 0.6 is 0 Å². The van der Waals surface area contributed by atoms with Gasteiger partial charge in [0.2, 0.25) is 5.95 Å². The molecule has 0 fully saturated rings. The van der Waals surface area contributed by atoms with Crippen molar-refractivity contribution in [3.63, 3.8) is 0 Å². The first kappa shape index (κ1) is 22.6. The van der Waals surface area contributed by atoms with Crippen LogP contribution in [0.1, 0.15) is 28.9 Å². The lowest BCUT2D eigenvalue weighted by Crippen LogP contribution is -2.32. The van der Waals surface area contributed by atoms with Gasteiger partial charge in [-0.15, -0.1) is 0 Å². The molecule has 4 rings (SSSR count). The highest BCUT2D eigenvalue weighted by atomic mass is 19.3. The third-order valence-corrected chi connectivity index (χ3v) is 5.93. The fourth-order valence-corrected chi connectivity index (χ4v) is 4.19. The topological polar surface area (TPSA) is 55.0 Å². The van der Waals surface area contributed by atoms with Crippen LogP contribution in [0.2, 0.25) is 0 Å². The lowest BCUT2D eigenvalue weighted by molar-refractivity contribution is -0.500. The van der Waals surface area contributed by atoms with Gasteiger partial charge in [-0.25, -0.2) is 9.56 Å². The highest BCUT2D eigenvalue weighted by Crippen LogP contribution is 2.30. The monoisotopic (exact) mass is 452 g/mol. The number of aryl methyl sites for hydroxylation is 3. The number of nitrogens with zero attached hydrogens (tertiary/aromatic N) is 4. The number of hydrogen-bond donors (Lipinski definition) is 1. The van der Waals surface area contributed by atoms with Gasteiger partial charge in [-0.2, -0.15) is 8.78 Å². The summed E-state index contributed by atoms with van der Waals surface area (Å²) in [5.74, 6) is 1.15. The van der Waals surface area contributed by atoms with Crippen LogP contribution in [0.4, 0.5) is 14.7 Å². The number of anilines is 1. The van der Waals surface area contributed by atoms with Crippen molar-refractivity contribution in [1.29, 1.82) is 0 Å². The van der Waals surface area contributed by atoms with E-state index >= 15 is 0 Å². The maximum Gasteiger partial charge on any atom is 0.321 e. The van der Waals surface area contributed by atoms with Crippen molar-refractivity contribution in [3.8, 4) is 0 Å². The van der Waals surface area contributed by atoms with Gasteiger partial charge in [-0.3, -0.25) is 4.98 Å². The van der Waals surface area contributed by atoms with Crippen LogP contribution in [-0.4, -0.2) is 51.9 Å². The molecule has 6 nitrogen and oxygen atoms in total. The van der Waals surface area contributed by atoms with E-state index in [0.717, 1.165) is 22.2 Å². The number of nitrogens with one attached hydrogen (secondary N) is 1. The maximum absolute atomic E-state index is 14.0. The summed E-state index contributed by atoms with van der Waals surface area (Å²) in [6.07, 6.45) is -2.12. The minimum atomic E-state index is -2.65. The summed E-state index contributed by atoms with van der Waals surface area (Å²) >= 11 is 0. The second kappa shape index (κ2) is 8.77. The highest BCUT2D eigenvalue weighted by molar-refractivity contribution is 6.23. The van der Waals surface area contributed by atoms with Crippen molar-refractivity contribution in [2.24, 2.45) is 7.05 Å². The first-order valence-electron chi connectivity index (χ1n) is 10.7. The van der Waals surface area contributed by atoms with Gasteiger partial charge in [-0.1, -0.05) is 12.6 Å². The molecule has 0 aliphatic carbocycles. The zero-order valence-electron chi connectivity index (χ0n) is 19.5. The second-order valence-electron chi connectivity index (χ2n) is 8.33. The highest BCUT2D eigenvalue weighted by Gasteiger charge is 2.36. The molecule has 172 valence electrons. The third kappa shape index (κ3) is 4.25. The third-order valence-electron chi connectivity index (χ3n) is 5.93. The molecule has 8 heteroatoms. The number of allylic oxidation sites excluding steroid dienone is 1. The number of imidazole rings is 1. The zero-order chi connectivity index (χ0) is 23.9. The molecule has 3 aromatic rings. The molecule has 0 atom stereocenters. The number of alkyl halides is 2. The first-order chi connectivity index (χ1) is 15.7. The molecule has 0 saturated heterocycles. The van der Waals surface area contributed by atoms with Crippen LogP contribution < -0.4 is 5.32 Å². The van der Waals surface area contributed by atoms with Crippen LogP contribution in [0.3, 0.4) is 0 Å². The van der Waals surface area contributed by atoms with Gasteiger partial charge in [0.15, 0.2) is 0 Å². The van der Waals surface area contributed by atoms with Gasteiger partial charge in [0.1, 0.15) is 24.9 Å². The number of aromatic nitrogens is 3. The number of benzene rings is 1. The second-order valence-corrected chi connectivity index (χ2v) is 8.33. The van der Waals surface area contributed by atoms with Crippen molar-refractivity contribution >= 4 is 34.0 Å². The summed E-state index contributed by atoms with van der Waals surface area (Å²) < 4.78 is 37.0. The minimum Gasteiger partial charge on any atom is -0.500 e. The van der Waals surface area contributed by atoms with Crippen LogP contribution in [-0.2, 0) is 11.8 Å². The smallest absolute Gasteiger partial charge is 0.321 e. The molecule has 0 radical (unpaired) electrons. The summed E-state index contributed by atoms with van der Waals surface area (Å²) in [7, 11) is 5.11. The Hall–Kier alpha value is -3.55. The molecule has 2 aromatic heterocycles. The lowest BCUT2D eigenvalue weighted by Gasteiger charge is -2.20. The van der Waals surface area contributed by atoms with E-state index in [9.17, 15) is 8.78 Å². The average Bonchev–Trinajstić information content (AvgIpc) is 3.07. The van der Waals surface area contributed by atoms with Crippen LogP contribution in [0.5, 0.6) is 0 Å². The fraction of sp³-hybridized carbons (Fsp3) is 0.320. The molecule has 1 aliphatic rings. The largest absolute Gasteiger partial charge is 0.500 e. The van der Waals surface area contributed by atoms with Crippen LogP contribution in [0.15, 0.2) is 42.7 Å². The fourth-order valence-electron chi connectivity index (χ4n) is 4.19. The van der Waals surface area contributed by atoms with Crippen molar-refractivity contribution < 1.29 is 18.1 Å². The van der Waals surface area contributed by atoms with E-state index in [1.54, 1.807) is 17.7 Å². The Kier molecular flexibility index (Phi) is 6.01. The van der Waals surface area contributed by atoms with Gasteiger partial charge >= 0.3 is 6.43 Å². The molecule has 0 spiro atoms. The molecule has 0 unspecified atom stereocenters. The molecule has 0 amide bonds. The Morgan fingerprint density at radius 3 is 2.67 bits per heavy atom. The normalized spacial score (nSPS) is 14.4. The maximum atomic E-state index is 14.0. The molecule has 0 bridgehead atoms. The molecule has 3 heterocycles. The number of methoxy groups -OCH3 is 1. The molecule has 1 aromatic carbocycles. The SMILES string of the molecule is C=C(Nc1nc2ccc(C)cc2n1C)c1cc(C)nc(C2=C(OC)CC[N+](C)=C2C(F)F)c1. The molecular weight excluding hydrogens is 424 g/mol. The van der Waals surface area contributed by atoms with Crippen molar-refractivity contribution in [2.75, 3.05) is 26.0 Å². The number of hydrogen-bond acceptors (Lipinski definition) is 4. The van der Waals surface area contributed by atoms with Gasteiger partial charge in [0.05, 0.1) is 30.3 Å². The average molecular weight is 453 g/mol. The van der Waals surface area contributed by atoms with Gasteiger partial charge in [0.25, 0.3) is 5.71 Å². The minimum absolute atomic E-state index is 0.0774. The first-order valence-corrected chi connectivity index (χ1v) is 10.7. The summed E-state index contributed by atoms with van der Waals surface area (Å²) in [5, 5.41) is 3.28. The number of fused-ring (bicyclic) bond motifs is 1. The van der Waals surface area contributed by atoms with E-state index in [1.165, 1.54) is 7.11 Å². The quantitative estimate of drug-likeness (QED) is 0.547. The zero-order valence-corrected chi connectivity index (χ0v) is 19.5. The van der Waals surface area contributed by atoms with Gasteiger partial charge < -0.3 is 14.6 Å². The predicted octanol–water partition coefficient (Wildman–Crippen LogP) is 4.78. The van der Waals surface area contributed by atoms with E-state index in [4.69, 9.17) is 4.74 Å². The summed E-state index contributed by atoms with van der Waals surface area (Å²) in [6.45, 7) is 8.51. The number of ether oxygens (including phenoxy) is 1. The number of halogens is 2. The van der Waals surface area contributed by atoms with Crippen molar-refractivity contribution in [1.82, 2.24) is 14.5 Å². The molecule has 0 saturated carbocycles. The summed E-state index contributed by atoms with van der Waals surface area (Å²) in [4.78, 5) is 9.23. The van der Waals surface area contributed by atoms with Crippen LogP contribution in [0.25, 0.3) is 22.3 Å². The van der Waals surface area contributed by atoms with Crippen molar-refractivity contribution in [3.05, 3.63) is 65.2 Å². The Morgan fingerprint density at radius 1 is 1.21 bits per heavy atom. The Morgan fingerprint density at radius 2 is 1.97 bits per heavy atom. The predicted molar refractivity (Wildman–Crippen MR) is 128 cm³/mol. The van der Waals surface area contributed by atoms with Crippen LogP contribution in [0, 0.1) is 13.8 Å². The van der Waals surface area contributed by atoms with E-state index in [-0.39, 0.29) is 5.71 Å². The lowest BCUT2D eigenvalue weighted by atomic mass is 9.97. The van der Waals surface area contributed by atoms with Gasteiger partial charge in [-0.05, 0) is 43.7 Å².